The van der Waals surface area contributed by atoms with E-state index in [2.05, 4.69) is 31.8 Å². The molecule has 0 spiro atoms. The Kier molecular flexibility index (Phi) is 7.95. The second-order valence-corrected chi connectivity index (χ2v) is 8.04. The maximum absolute atomic E-state index is 12.9. The fourth-order valence-corrected chi connectivity index (χ4v) is 3.28. The molecule has 3 rings (SSSR count). The Hall–Kier alpha value is -4.51. The predicted molar refractivity (Wildman–Crippen MR) is 133 cm³/mol. The molecular weight excluding hydrogens is 520 g/mol. The molecule has 3 aromatic rings. The van der Waals surface area contributed by atoms with Crippen LogP contribution in [0.4, 0.5) is 5.69 Å². The number of amides is 2. The number of benzene rings is 3. The van der Waals surface area contributed by atoms with Crippen LogP contribution in [0.5, 0.6) is 11.5 Å². The minimum absolute atomic E-state index is 0.172. The first-order chi connectivity index (χ1) is 16.7. The average Bonchev–Trinajstić information content (AvgIpc) is 2.84. The topological polar surface area (TPSA) is 154 Å². The van der Waals surface area contributed by atoms with E-state index >= 15 is 0 Å². The summed E-state index contributed by atoms with van der Waals surface area (Å²) in [5.74, 6) is -1.81. The van der Waals surface area contributed by atoms with Crippen LogP contribution in [0.15, 0.2) is 82.0 Å². The van der Waals surface area contributed by atoms with Gasteiger partial charge < -0.3 is 15.5 Å². The first kappa shape index (κ1) is 25.1. The number of carbonyl (C=O) groups is 2. The standard InChI is InChI=1S/C24H19BrN4O6/c1-14(18-12-19(25)22(31)13-21(18)30)27-28-24(33)20(26-23(32)16-7-3-2-4-8-16)11-15-6-5-9-17(10-15)29(34)35/h2-13,30-31H,1H3,(H,26,32)(H,28,33)/b20-11?,27-14+. The molecule has 35 heavy (non-hydrogen) atoms. The van der Waals surface area contributed by atoms with Crippen molar-refractivity contribution in [3.8, 4) is 11.5 Å². The van der Waals surface area contributed by atoms with Gasteiger partial charge in [-0.3, -0.25) is 19.7 Å². The van der Waals surface area contributed by atoms with Gasteiger partial charge in [0.05, 0.1) is 15.1 Å². The molecule has 0 heterocycles. The Labute approximate surface area is 207 Å². The quantitative estimate of drug-likeness (QED) is 0.154. The van der Waals surface area contributed by atoms with E-state index in [-0.39, 0.29) is 34.2 Å². The number of nitro groups is 1. The molecule has 0 saturated carbocycles. The van der Waals surface area contributed by atoms with Crippen LogP contribution in [0.3, 0.4) is 0 Å². The minimum Gasteiger partial charge on any atom is -0.507 e. The van der Waals surface area contributed by atoms with Crippen LogP contribution in [0.2, 0.25) is 0 Å². The first-order valence-electron chi connectivity index (χ1n) is 10.0. The van der Waals surface area contributed by atoms with Gasteiger partial charge >= 0.3 is 0 Å². The lowest BCUT2D eigenvalue weighted by molar-refractivity contribution is -0.384. The Morgan fingerprint density at radius 3 is 2.43 bits per heavy atom. The predicted octanol–water partition coefficient (Wildman–Crippen LogP) is 4.08. The van der Waals surface area contributed by atoms with E-state index in [4.69, 9.17) is 0 Å². The number of phenolic OH excluding ortho intramolecular Hbond substituents is 2. The normalized spacial score (nSPS) is 11.6. The third kappa shape index (κ3) is 6.51. The highest BCUT2D eigenvalue weighted by atomic mass is 79.9. The SMILES string of the molecule is C/C(=N\NC(=O)C(=Cc1cccc([N+](=O)[O-])c1)NC(=O)c1ccccc1)c1cc(Br)c(O)cc1O. The van der Waals surface area contributed by atoms with Crippen LogP contribution in [0.25, 0.3) is 6.08 Å². The molecule has 3 aromatic carbocycles. The third-order valence-electron chi connectivity index (χ3n) is 4.70. The van der Waals surface area contributed by atoms with Crippen molar-refractivity contribution < 1.29 is 24.7 Å². The number of nitrogens with one attached hydrogen (secondary N) is 2. The lowest BCUT2D eigenvalue weighted by Crippen LogP contribution is -2.33. The molecule has 0 aliphatic rings. The van der Waals surface area contributed by atoms with Crippen LogP contribution in [-0.4, -0.2) is 32.7 Å². The molecular formula is C24H19BrN4O6. The summed E-state index contributed by atoms with van der Waals surface area (Å²) in [6.45, 7) is 1.52. The molecule has 0 aromatic heterocycles. The smallest absolute Gasteiger partial charge is 0.287 e. The van der Waals surface area contributed by atoms with E-state index in [1.807, 2.05) is 0 Å². The van der Waals surface area contributed by atoms with Gasteiger partial charge in [-0.2, -0.15) is 5.10 Å². The van der Waals surface area contributed by atoms with E-state index in [0.717, 1.165) is 6.07 Å². The van der Waals surface area contributed by atoms with Gasteiger partial charge in [0.15, 0.2) is 0 Å². The number of hydrazone groups is 1. The Balaban J connectivity index is 1.92. The van der Waals surface area contributed by atoms with E-state index < -0.39 is 16.7 Å². The Bertz CT molecular complexity index is 1360. The fraction of sp³-hybridized carbons (Fsp3) is 0.0417. The monoisotopic (exact) mass is 538 g/mol. The summed E-state index contributed by atoms with van der Waals surface area (Å²) < 4.78 is 0.313. The van der Waals surface area contributed by atoms with Crippen LogP contribution in [-0.2, 0) is 4.79 Å². The molecule has 0 fully saturated rings. The summed E-state index contributed by atoms with van der Waals surface area (Å²) >= 11 is 3.15. The van der Waals surface area contributed by atoms with Crippen molar-refractivity contribution in [2.75, 3.05) is 0 Å². The van der Waals surface area contributed by atoms with Crippen molar-refractivity contribution in [1.29, 1.82) is 0 Å². The second kappa shape index (κ2) is 11.1. The van der Waals surface area contributed by atoms with E-state index in [0.29, 0.717) is 15.6 Å². The molecule has 0 unspecified atom stereocenters. The van der Waals surface area contributed by atoms with Crippen molar-refractivity contribution in [2.45, 2.75) is 6.92 Å². The van der Waals surface area contributed by atoms with E-state index in [1.165, 1.54) is 43.3 Å². The van der Waals surface area contributed by atoms with Crippen LogP contribution in [0.1, 0.15) is 28.4 Å². The number of aromatic hydroxyl groups is 2. The number of halogens is 1. The van der Waals surface area contributed by atoms with Crippen LogP contribution in [0, 0.1) is 10.1 Å². The molecule has 0 atom stereocenters. The molecule has 178 valence electrons. The zero-order chi connectivity index (χ0) is 25.5. The average molecular weight is 539 g/mol. The number of hydrogen-bond donors (Lipinski definition) is 4. The molecule has 0 bridgehead atoms. The number of carbonyl (C=O) groups excluding carboxylic acids is 2. The lowest BCUT2D eigenvalue weighted by Gasteiger charge is -2.11. The third-order valence-corrected chi connectivity index (χ3v) is 5.34. The van der Waals surface area contributed by atoms with Gasteiger partial charge in [0.2, 0.25) is 0 Å². The second-order valence-electron chi connectivity index (χ2n) is 7.19. The van der Waals surface area contributed by atoms with Crippen molar-refractivity contribution in [1.82, 2.24) is 10.7 Å². The summed E-state index contributed by atoms with van der Waals surface area (Å²) in [4.78, 5) is 36.1. The first-order valence-corrected chi connectivity index (χ1v) is 10.8. The highest BCUT2D eigenvalue weighted by Gasteiger charge is 2.16. The van der Waals surface area contributed by atoms with Crippen molar-refractivity contribution in [3.05, 3.63) is 104 Å². The number of hydrogen-bond acceptors (Lipinski definition) is 7. The van der Waals surface area contributed by atoms with E-state index in [9.17, 15) is 29.9 Å². The van der Waals surface area contributed by atoms with Crippen molar-refractivity contribution in [2.24, 2.45) is 5.10 Å². The fourth-order valence-electron chi connectivity index (χ4n) is 2.93. The van der Waals surface area contributed by atoms with Gasteiger partial charge in [-0.05, 0) is 52.7 Å². The van der Waals surface area contributed by atoms with Crippen LogP contribution < -0.4 is 10.7 Å². The van der Waals surface area contributed by atoms with Gasteiger partial charge in [-0.25, -0.2) is 5.43 Å². The molecule has 0 saturated heterocycles. The lowest BCUT2D eigenvalue weighted by atomic mass is 10.1. The summed E-state index contributed by atoms with van der Waals surface area (Å²) in [6, 6.07) is 16.3. The highest BCUT2D eigenvalue weighted by molar-refractivity contribution is 9.10. The number of non-ortho nitro benzene ring substituents is 1. The summed E-state index contributed by atoms with van der Waals surface area (Å²) in [7, 11) is 0. The largest absolute Gasteiger partial charge is 0.507 e. The molecule has 2 amide bonds. The van der Waals surface area contributed by atoms with Gasteiger partial charge in [-0.15, -0.1) is 0 Å². The van der Waals surface area contributed by atoms with Gasteiger partial charge in [-0.1, -0.05) is 30.3 Å². The number of phenols is 2. The van der Waals surface area contributed by atoms with Crippen molar-refractivity contribution in [3.63, 3.8) is 0 Å². The maximum Gasteiger partial charge on any atom is 0.287 e. The molecule has 0 radical (unpaired) electrons. The van der Waals surface area contributed by atoms with Gasteiger partial charge in [0.1, 0.15) is 17.2 Å². The Morgan fingerprint density at radius 2 is 1.74 bits per heavy atom. The van der Waals surface area contributed by atoms with Gasteiger partial charge in [0, 0.05) is 29.3 Å². The Morgan fingerprint density at radius 1 is 1.03 bits per heavy atom. The molecule has 0 aliphatic carbocycles. The molecule has 11 heteroatoms. The van der Waals surface area contributed by atoms with Crippen LogP contribution >= 0.6 is 15.9 Å². The number of nitro benzene ring substituents is 1. The summed E-state index contributed by atoms with van der Waals surface area (Å²) in [6.07, 6.45) is 1.28. The maximum atomic E-state index is 12.9. The zero-order valence-electron chi connectivity index (χ0n) is 18.2. The minimum atomic E-state index is -0.808. The summed E-state index contributed by atoms with van der Waals surface area (Å²) in [5, 5.41) is 37.3. The van der Waals surface area contributed by atoms with E-state index in [1.54, 1.807) is 30.3 Å². The molecule has 4 N–H and O–H groups in total. The number of nitrogens with zero attached hydrogens (tertiary/aromatic N) is 2. The number of rotatable bonds is 7. The molecule has 10 nitrogen and oxygen atoms in total. The highest BCUT2D eigenvalue weighted by Crippen LogP contribution is 2.31. The van der Waals surface area contributed by atoms with Crippen molar-refractivity contribution >= 4 is 45.2 Å². The van der Waals surface area contributed by atoms with Gasteiger partial charge in [0.25, 0.3) is 17.5 Å². The summed E-state index contributed by atoms with van der Waals surface area (Å²) in [5.41, 5.74) is 2.95. The zero-order valence-corrected chi connectivity index (χ0v) is 19.8. The molecule has 0 aliphatic heterocycles.